The van der Waals surface area contributed by atoms with Crippen molar-refractivity contribution in [3.8, 4) is 17.0 Å². The number of hydrogen-bond acceptors (Lipinski definition) is 4. The van der Waals surface area contributed by atoms with E-state index in [9.17, 15) is 9.90 Å². The normalized spacial score (nSPS) is 18.7. The van der Waals surface area contributed by atoms with Gasteiger partial charge in [-0.2, -0.15) is 0 Å². The summed E-state index contributed by atoms with van der Waals surface area (Å²) in [4.78, 5) is 16.5. The van der Waals surface area contributed by atoms with Crippen LogP contribution in [0.15, 0.2) is 42.5 Å². The number of aromatic nitrogens is 1. The SMILES string of the molecule is CN(C)CCN(C)[C@@H]1COc2ccccc2-c2c(C3CCCCC3)c3ccc(C(=O)O)cc3n2C1. The van der Waals surface area contributed by atoms with Gasteiger partial charge < -0.3 is 19.3 Å². The molecule has 3 aromatic rings. The lowest BCUT2D eigenvalue weighted by Crippen LogP contribution is -2.43. The first-order valence-electron chi connectivity index (χ1n) is 12.9. The molecule has 6 heteroatoms. The third-order valence-electron chi connectivity index (χ3n) is 7.85. The minimum atomic E-state index is -0.879. The van der Waals surface area contributed by atoms with Gasteiger partial charge in [-0.05, 0) is 69.7 Å². The molecule has 1 aliphatic carbocycles. The molecule has 2 aromatic carbocycles. The molecule has 0 spiro atoms. The van der Waals surface area contributed by atoms with Crippen LogP contribution in [0, 0.1) is 0 Å². The van der Waals surface area contributed by atoms with E-state index in [1.54, 1.807) is 6.07 Å². The van der Waals surface area contributed by atoms with Gasteiger partial charge in [0.1, 0.15) is 12.4 Å². The Kier molecular flexibility index (Phi) is 6.85. The zero-order chi connectivity index (χ0) is 24.5. The molecule has 0 radical (unpaired) electrons. The van der Waals surface area contributed by atoms with Crippen molar-refractivity contribution in [2.45, 2.75) is 50.6 Å². The fraction of sp³-hybridized carbons (Fsp3) is 0.483. The molecule has 5 rings (SSSR count). The summed E-state index contributed by atoms with van der Waals surface area (Å²) in [5.74, 6) is 0.518. The third kappa shape index (κ3) is 4.69. The second kappa shape index (κ2) is 10.0. The van der Waals surface area contributed by atoms with E-state index in [1.165, 1.54) is 48.7 Å². The Morgan fingerprint density at radius 1 is 1.06 bits per heavy atom. The largest absolute Gasteiger partial charge is 0.491 e. The third-order valence-corrected chi connectivity index (χ3v) is 7.85. The van der Waals surface area contributed by atoms with Gasteiger partial charge in [0.15, 0.2) is 0 Å². The van der Waals surface area contributed by atoms with E-state index in [4.69, 9.17) is 4.74 Å². The molecule has 1 aromatic heterocycles. The number of fused-ring (bicyclic) bond motifs is 5. The molecule has 186 valence electrons. The number of nitrogens with zero attached hydrogens (tertiary/aromatic N) is 3. The average Bonchev–Trinajstić information content (AvgIpc) is 3.16. The summed E-state index contributed by atoms with van der Waals surface area (Å²) in [5, 5.41) is 11.0. The maximum absolute atomic E-state index is 11.9. The Morgan fingerprint density at radius 3 is 2.57 bits per heavy atom. The minimum absolute atomic E-state index is 0.172. The number of hydrogen-bond donors (Lipinski definition) is 1. The number of rotatable bonds is 6. The van der Waals surface area contributed by atoms with Gasteiger partial charge >= 0.3 is 5.97 Å². The van der Waals surface area contributed by atoms with Gasteiger partial charge in [-0.25, -0.2) is 4.79 Å². The average molecular weight is 476 g/mol. The van der Waals surface area contributed by atoms with Crippen molar-refractivity contribution >= 4 is 16.9 Å². The quantitative estimate of drug-likeness (QED) is 0.524. The molecule has 6 nitrogen and oxygen atoms in total. The van der Waals surface area contributed by atoms with Gasteiger partial charge in [-0.1, -0.05) is 37.5 Å². The lowest BCUT2D eigenvalue weighted by molar-refractivity contribution is 0.0697. The highest BCUT2D eigenvalue weighted by molar-refractivity contribution is 5.98. The summed E-state index contributed by atoms with van der Waals surface area (Å²) in [6, 6.07) is 14.2. The van der Waals surface area contributed by atoms with Gasteiger partial charge in [0.05, 0.1) is 17.3 Å². The topological polar surface area (TPSA) is 57.9 Å². The van der Waals surface area contributed by atoms with Crippen LogP contribution in [0.25, 0.3) is 22.2 Å². The van der Waals surface area contributed by atoms with Crippen LogP contribution in [0.2, 0.25) is 0 Å². The number of carboxylic acids is 1. The van der Waals surface area contributed by atoms with E-state index in [-0.39, 0.29) is 6.04 Å². The van der Waals surface area contributed by atoms with Crippen LogP contribution in [-0.2, 0) is 6.54 Å². The predicted octanol–water partition coefficient (Wildman–Crippen LogP) is 5.31. The zero-order valence-corrected chi connectivity index (χ0v) is 21.2. The van der Waals surface area contributed by atoms with Crippen molar-refractivity contribution in [2.24, 2.45) is 0 Å². The number of carboxylic acid groups (broad SMARTS) is 1. The molecule has 1 saturated carbocycles. The first kappa shape index (κ1) is 23.9. The number of carbonyl (C=O) groups is 1. The number of benzene rings is 2. The molecular formula is C29H37N3O3. The van der Waals surface area contributed by atoms with Crippen LogP contribution in [0.3, 0.4) is 0 Å². The Balaban J connectivity index is 1.72. The standard InChI is InChI=1S/C29H37N3O3/c1-30(2)15-16-31(3)22-18-32-25-17-21(29(33)34)13-14-23(25)27(20-9-5-4-6-10-20)28(32)24-11-7-8-12-26(24)35-19-22/h7-8,11-14,17,20,22H,4-6,9-10,15-16,18-19H2,1-3H3,(H,33,34)/t22-/m0/s1. The molecular weight excluding hydrogens is 438 g/mol. The minimum Gasteiger partial charge on any atom is -0.491 e. The van der Waals surface area contributed by atoms with Gasteiger partial charge in [-0.3, -0.25) is 4.90 Å². The fourth-order valence-corrected chi connectivity index (χ4v) is 5.84. The fourth-order valence-electron chi connectivity index (χ4n) is 5.84. The van der Waals surface area contributed by atoms with Gasteiger partial charge in [0.2, 0.25) is 0 Å². The number of ether oxygens (including phenoxy) is 1. The second-order valence-electron chi connectivity index (χ2n) is 10.5. The maximum Gasteiger partial charge on any atom is 0.335 e. The van der Waals surface area contributed by atoms with E-state index in [0.29, 0.717) is 18.1 Å². The van der Waals surface area contributed by atoms with Crippen molar-refractivity contribution in [3.05, 3.63) is 53.6 Å². The molecule has 1 aliphatic heterocycles. The first-order chi connectivity index (χ1) is 16.9. The van der Waals surface area contributed by atoms with Crippen molar-refractivity contribution < 1.29 is 14.6 Å². The number of para-hydroxylation sites is 1. The monoisotopic (exact) mass is 475 g/mol. The Labute approximate surface area is 208 Å². The first-order valence-corrected chi connectivity index (χ1v) is 12.9. The molecule has 35 heavy (non-hydrogen) atoms. The highest BCUT2D eigenvalue weighted by Crippen LogP contribution is 2.47. The molecule has 0 bridgehead atoms. The molecule has 0 unspecified atom stereocenters. The van der Waals surface area contributed by atoms with Crippen molar-refractivity contribution in [1.82, 2.24) is 14.4 Å². The molecule has 2 heterocycles. The van der Waals surface area contributed by atoms with Crippen LogP contribution in [-0.4, -0.2) is 72.3 Å². The molecule has 0 amide bonds. The highest BCUT2D eigenvalue weighted by atomic mass is 16.5. The van der Waals surface area contributed by atoms with Crippen LogP contribution < -0.4 is 4.74 Å². The van der Waals surface area contributed by atoms with Crippen molar-refractivity contribution in [1.29, 1.82) is 0 Å². The van der Waals surface area contributed by atoms with Crippen LogP contribution >= 0.6 is 0 Å². The molecule has 1 atom stereocenters. The van der Waals surface area contributed by atoms with E-state index in [1.807, 2.05) is 12.1 Å². The summed E-state index contributed by atoms with van der Waals surface area (Å²) >= 11 is 0. The summed E-state index contributed by atoms with van der Waals surface area (Å²) in [7, 11) is 6.36. The molecule has 1 fully saturated rings. The Hall–Kier alpha value is -2.83. The van der Waals surface area contributed by atoms with Crippen LogP contribution in [0.1, 0.15) is 53.9 Å². The van der Waals surface area contributed by atoms with Crippen molar-refractivity contribution in [2.75, 3.05) is 40.8 Å². The molecule has 1 N–H and O–H groups in total. The summed E-state index contributed by atoms with van der Waals surface area (Å²) < 4.78 is 8.87. The summed E-state index contributed by atoms with van der Waals surface area (Å²) in [5.41, 5.74) is 5.09. The lowest BCUT2D eigenvalue weighted by Gasteiger charge is -2.33. The number of likely N-dealkylation sites (N-methyl/N-ethyl adjacent to an activating group) is 2. The van der Waals surface area contributed by atoms with E-state index < -0.39 is 5.97 Å². The summed E-state index contributed by atoms with van der Waals surface area (Å²) in [6.07, 6.45) is 6.16. The van der Waals surface area contributed by atoms with Crippen LogP contribution in [0.4, 0.5) is 0 Å². The Bertz CT molecular complexity index is 1210. The summed E-state index contributed by atoms with van der Waals surface area (Å²) in [6.45, 7) is 3.27. The lowest BCUT2D eigenvalue weighted by atomic mass is 9.81. The second-order valence-corrected chi connectivity index (χ2v) is 10.5. The number of aromatic carboxylic acids is 1. The Morgan fingerprint density at radius 2 is 1.83 bits per heavy atom. The zero-order valence-electron chi connectivity index (χ0n) is 21.2. The van der Waals surface area contributed by atoms with Crippen molar-refractivity contribution in [3.63, 3.8) is 0 Å². The van der Waals surface area contributed by atoms with E-state index in [2.05, 4.69) is 59.8 Å². The van der Waals surface area contributed by atoms with Gasteiger partial charge in [0.25, 0.3) is 0 Å². The van der Waals surface area contributed by atoms with Crippen LogP contribution in [0.5, 0.6) is 5.75 Å². The van der Waals surface area contributed by atoms with Gasteiger partial charge in [0, 0.05) is 36.1 Å². The maximum atomic E-state index is 11.9. The smallest absolute Gasteiger partial charge is 0.335 e. The molecule has 2 aliphatic rings. The highest BCUT2D eigenvalue weighted by Gasteiger charge is 2.31. The molecule has 0 saturated heterocycles. The predicted molar refractivity (Wildman–Crippen MR) is 141 cm³/mol. The van der Waals surface area contributed by atoms with E-state index >= 15 is 0 Å². The van der Waals surface area contributed by atoms with Gasteiger partial charge in [-0.15, -0.1) is 0 Å². The van der Waals surface area contributed by atoms with E-state index in [0.717, 1.165) is 36.5 Å².